The quantitative estimate of drug-likeness (QED) is 0.356. The normalized spacial score (nSPS) is 10.7. The summed E-state index contributed by atoms with van der Waals surface area (Å²) in [6.07, 6.45) is 2.91. The fourth-order valence-electron chi connectivity index (χ4n) is 2.75. The van der Waals surface area contributed by atoms with Crippen molar-refractivity contribution in [2.45, 2.75) is 13.2 Å². The van der Waals surface area contributed by atoms with Gasteiger partial charge in [0, 0.05) is 11.6 Å². The highest BCUT2D eigenvalue weighted by Gasteiger charge is 2.17. The van der Waals surface area contributed by atoms with Gasteiger partial charge in [0.05, 0.1) is 0 Å². The first-order valence-corrected chi connectivity index (χ1v) is 8.57. The molecule has 0 saturated heterocycles. The molecule has 0 saturated carbocycles. The van der Waals surface area contributed by atoms with Gasteiger partial charge in [0.25, 0.3) is 0 Å². The Labute approximate surface area is 160 Å². The van der Waals surface area contributed by atoms with E-state index in [1.54, 1.807) is 6.07 Å². The minimum Gasteiger partial charge on any atom is -0.489 e. The summed E-state index contributed by atoms with van der Waals surface area (Å²) in [5.41, 5.74) is 2.61. The topological polar surface area (TPSA) is 96.2 Å². The Kier molecular flexibility index (Phi) is 4.83. The van der Waals surface area contributed by atoms with Gasteiger partial charge in [0.1, 0.15) is 37.0 Å². The van der Waals surface area contributed by atoms with Crippen molar-refractivity contribution in [3.8, 4) is 17.0 Å². The zero-order valence-corrected chi connectivity index (χ0v) is 14.8. The Morgan fingerprint density at radius 2 is 1.89 bits per heavy atom. The number of hydrogen-bond donors (Lipinski definition) is 0. The molecule has 4 aromatic rings. The molecule has 0 fully saturated rings. The molecule has 2 aromatic carbocycles. The Balaban J connectivity index is 1.42. The maximum Gasteiger partial charge on any atom is 0.434 e. The Morgan fingerprint density at radius 1 is 1.11 bits per heavy atom. The maximum atomic E-state index is 10.9. The largest absolute Gasteiger partial charge is 0.489 e. The molecule has 0 radical (unpaired) electrons. The van der Waals surface area contributed by atoms with Crippen molar-refractivity contribution in [1.82, 2.24) is 14.7 Å². The van der Waals surface area contributed by atoms with E-state index in [2.05, 4.69) is 10.1 Å². The van der Waals surface area contributed by atoms with E-state index in [-0.39, 0.29) is 12.5 Å². The standard InChI is InChI=1S/C20H16N4O4/c25-24(26)20-21-10-11-23(20)13-18-12-19(22-28-18)16-6-8-17(9-7-16)27-14-15-4-2-1-3-5-15/h1-12H,13-14H2. The van der Waals surface area contributed by atoms with Crippen molar-refractivity contribution < 1.29 is 14.2 Å². The Bertz CT molecular complexity index is 1070. The molecule has 0 atom stereocenters. The van der Waals surface area contributed by atoms with E-state index in [0.29, 0.717) is 18.1 Å². The van der Waals surface area contributed by atoms with Crippen LogP contribution in [-0.2, 0) is 13.2 Å². The minimum atomic E-state index is -0.536. The van der Waals surface area contributed by atoms with Crippen LogP contribution in [0.1, 0.15) is 11.3 Å². The number of nitro groups is 1. The highest BCUT2D eigenvalue weighted by Crippen LogP contribution is 2.23. The lowest BCUT2D eigenvalue weighted by atomic mass is 10.1. The Hall–Kier alpha value is -3.94. The van der Waals surface area contributed by atoms with E-state index in [4.69, 9.17) is 9.26 Å². The first-order valence-electron chi connectivity index (χ1n) is 8.57. The van der Waals surface area contributed by atoms with Crippen LogP contribution in [0.2, 0.25) is 0 Å². The lowest BCUT2D eigenvalue weighted by Crippen LogP contribution is -2.03. The number of rotatable bonds is 7. The van der Waals surface area contributed by atoms with E-state index in [9.17, 15) is 10.1 Å². The lowest BCUT2D eigenvalue weighted by molar-refractivity contribution is -0.396. The van der Waals surface area contributed by atoms with Crippen LogP contribution in [0.3, 0.4) is 0 Å². The third kappa shape index (κ3) is 3.90. The van der Waals surface area contributed by atoms with Gasteiger partial charge in [-0.05, 0) is 34.8 Å². The number of benzene rings is 2. The van der Waals surface area contributed by atoms with Gasteiger partial charge in [-0.3, -0.25) is 0 Å². The average Bonchev–Trinajstić information content (AvgIpc) is 3.38. The van der Waals surface area contributed by atoms with Gasteiger partial charge in [0.15, 0.2) is 5.76 Å². The second-order valence-corrected chi connectivity index (χ2v) is 6.09. The van der Waals surface area contributed by atoms with Crippen LogP contribution >= 0.6 is 0 Å². The molecule has 0 bridgehead atoms. The fraction of sp³-hybridized carbons (Fsp3) is 0.100. The molecular weight excluding hydrogens is 360 g/mol. The summed E-state index contributed by atoms with van der Waals surface area (Å²) in [7, 11) is 0. The van der Waals surface area contributed by atoms with Gasteiger partial charge in [0.2, 0.25) is 0 Å². The molecule has 8 heteroatoms. The first-order chi connectivity index (χ1) is 13.7. The average molecular weight is 376 g/mol. The summed E-state index contributed by atoms with van der Waals surface area (Å²) in [6.45, 7) is 0.680. The molecule has 4 rings (SSSR count). The van der Waals surface area contributed by atoms with Crippen LogP contribution < -0.4 is 4.74 Å². The third-order valence-corrected chi connectivity index (χ3v) is 4.14. The van der Waals surface area contributed by atoms with Crippen molar-refractivity contribution >= 4 is 5.95 Å². The second kappa shape index (κ2) is 7.75. The van der Waals surface area contributed by atoms with E-state index >= 15 is 0 Å². The molecule has 0 aliphatic rings. The predicted molar refractivity (Wildman–Crippen MR) is 101 cm³/mol. The van der Waals surface area contributed by atoms with Crippen molar-refractivity contribution in [2.24, 2.45) is 0 Å². The van der Waals surface area contributed by atoms with Crippen molar-refractivity contribution in [1.29, 1.82) is 0 Å². The predicted octanol–water partition coefficient (Wildman–Crippen LogP) is 4.07. The molecule has 0 amide bonds. The molecule has 0 N–H and O–H groups in total. The molecule has 0 aliphatic carbocycles. The van der Waals surface area contributed by atoms with Gasteiger partial charge in [-0.15, -0.1) is 0 Å². The smallest absolute Gasteiger partial charge is 0.434 e. The molecule has 0 aliphatic heterocycles. The first kappa shape index (κ1) is 17.5. The zero-order chi connectivity index (χ0) is 19.3. The van der Waals surface area contributed by atoms with E-state index in [1.807, 2.05) is 54.6 Å². The lowest BCUT2D eigenvalue weighted by Gasteiger charge is -2.06. The van der Waals surface area contributed by atoms with Crippen LogP contribution in [0.4, 0.5) is 5.95 Å². The van der Waals surface area contributed by atoms with Gasteiger partial charge in [-0.1, -0.05) is 40.5 Å². The van der Waals surface area contributed by atoms with Crippen molar-refractivity contribution in [2.75, 3.05) is 0 Å². The van der Waals surface area contributed by atoms with Crippen molar-refractivity contribution in [3.63, 3.8) is 0 Å². The van der Waals surface area contributed by atoms with Crippen LogP contribution in [0.25, 0.3) is 11.3 Å². The summed E-state index contributed by atoms with van der Waals surface area (Å²) in [5.74, 6) is 1.02. The summed E-state index contributed by atoms with van der Waals surface area (Å²) in [4.78, 5) is 14.1. The van der Waals surface area contributed by atoms with Crippen LogP contribution in [-0.4, -0.2) is 19.6 Å². The summed E-state index contributed by atoms with van der Waals surface area (Å²) < 4.78 is 12.5. The van der Waals surface area contributed by atoms with Crippen LogP contribution in [0, 0.1) is 10.1 Å². The molecule has 28 heavy (non-hydrogen) atoms. The molecule has 8 nitrogen and oxygen atoms in total. The number of ether oxygens (including phenoxy) is 1. The summed E-state index contributed by atoms with van der Waals surface area (Å²) >= 11 is 0. The van der Waals surface area contributed by atoms with Crippen LogP contribution in [0.5, 0.6) is 5.75 Å². The number of nitrogens with zero attached hydrogens (tertiary/aromatic N) is 4. The summed E-state index contributed by atoms with van der Waals surface area (Å²) in [5, 5.41) is 15.0. The van der Waals surface area contributed by atoms with Crippen molar-refractivity contribution in [3.05, 3.63) is 94.5 Å². The highest BCUT2D eigenvalue weighted by molar-refractivity contribution is 5.59. The molecule has 0 unspecified atom stereocenters. The van der Waals surface area contributed by atoms with Crippen LogP contribution in [0.15, 0.2) is 77.6 Å². The molecular formula is C20H16N4O4. The van der Waals surface area contributed by atoms with Gasteiger partial charge >= 0.3 is 5.95 Å². The highest BCUT2D eigenvalue weighted by atomic mass is 16.6. The number of aromatic nitrogens is 3. The van der Waals surface area contributed by atoms with E-state index < -0.39 is 4.92 Å². The number of imidazole rings is 1. The van der Waals surface area contributed by atoms with E-state index in [0.717, 1.165) is 16.9 Å². The van der Waals surface area contributed by atoms with E-state index in [1.165, 1.54) is 17.0 Å². The monoisotopic (exact) mass is 376 g/mol. The number of hydrogen-bond acceptors (Lipinski definition) is 6. The van der Waals surface area contributed by atoms with Gasteiger partial charge in [-0.2, -0.15) is 0 Å². The molecule has 140 valence electrons. The molecule has 2 aromatic heterocycles. The SMILES string of the molecule is O=[N+]([O-])c1nccn1Cc1cc(-c2ccc(OCc3ccccc3)cc2)no1. The minimum absolute atomic E-state index is 0.182. The van der Waals surface area contributed by atoms with Gasteiger partial charge in [-0.25, -0.2) is 4.57 Å². The fourth-order valence-corrected chi connectivity index (χ4v) is 2.75. The maximum absolute atomic E-state index is 10.9. The molecule has 0 spiro atoms. The second-order valence-electron chi connectivity index (χ2n) is 6.09. The third-order valence-electron chi connectivity index (χ3n) is 4.14. The van der Waals surface area contributed by atoms with Gasteiger partial charge < -0.3 is 19.4 Å². The summed E-state index contributed by atoms with van der Waals surface area (Å²) in [6, 6.07) is 19.2. The zero-order valence-electron chi connectivity index (χ0n) is 14.8. The Morgan fingerprint density at radius 3 is 2.64 bits per heavy atom. The molecule has 2 heterocycles.